The molecule has 0 atom stereocenters. The third-order valence-electron chi connectivity index (χ3n) is 6.98. The molecule has 0 bridgehead atoms. The summed E-state index contributed by atoms with van der Waals surface area (Å²) in [5.74, 6) is -1.33. The number of Topliss-reactive ketones (excluding diaryl/α,β-unsaturated/α-hetero) is 2. The average molecular weight is 498 g/mol. The number of pyridine rings is 1. The van der Waals surface area contributed by atoms with Crippen molar-refractivity contribution >= 4 is 28.9 Å². The second-order valence-electron chi connectivity index (χ2n) is 9.34. The minimum Gasteiger partial charge on any atom is -0.454 e. The smallest absolute Gasteiger partial charge is 0.236 e. The van der Waals surface area contributed by atoms with Gasteiger partial charge in [0.2, 0.25) is 5.91 Å². The van der Waals surface area contributed by atoms with Crippen LogP contribution in [0.2, 0.25) is 0 Å². The predicted molar refractivity (Wildman–Crippen MR) is 131 cm³/mol. The lowest BCUT2D eigenvalue weighted by Crippen LogP contribution is -2.19. The van der Waals surface area contributed by atoms with E-state index in [-0.39, 0.29) is 23.7 Å². The fourth-order valence-corrected chi connectivity index (χ4v) is 4.91. The number of carbonyl (C=O) groups is 3. The lowest BCUT2D eigenvalue weighted by Gasteiger charge is -2.15. The highest BCUT2D eigenvalue weighted by Gasteiger charge is 2.58. The molecule has 1 saturated carbocycles. The van der Waals surface area contributed by atoms with Crippen molar-refractivity contribution in [1.82, 2.24) is 4.98 Å². The summed E-state index contributed by atoms with van der Waals surface area (Å²) in [6, 6.07) is 11.3. The number of anilines is 1. The van der Waals surface area contributed by atoms with Crippen LogP contribution in [0.15, 0.2) is 72.5 Å². The fourth-order valence-electron chi connectivity index (χ4n) is 4.91. The molecule has 1 fully saturated rings. The van der Waals surface area contributed by atoms with Gasteiger partial charge < -0.3 is 10.1 Å². The van der Waals surface area contributed by atoms with E-state index in [1.165, 1.54) is 42.6 Å². The van der Waals surface area contributed by atoms with Crippen LogP contribution in [0.4, 0.5) is 14.6 Å². The number of hydrogen-bond donors (Lipinski definition) is 1. The van der Waals surface area contributed by atoms with Crippen molar-refractivity contribution in [1.29, 1.82) is 0 Å². The zero-order valence-corrected chi connectivity index (χ0v) is 19.5. The van der Waals surface area contributed by atoms with Crippen molar-refractivity contribution in [3.8, 4) is 11.5 Å². The minimum absolute atomic E-state index is 0.0295. The number of nitrogens with zero attached hydrogens (tertiary/aromatic N) is 1. The van der Waals surface area contributed by atoms with Crippen LogP contribution in [-0.4, -0.2) is 22.5 Å². The van der Waals surface area contributed by atoms with E-state index in [1.54, 1.807) is 24.3 Å². The van der Waals surface area contributed by atoms with Crippen LogP contribution in [-0.2, 0) is 26.2 Å². The number of rotatable bonds is 6. The molecule has 3 aliphatic rings. The molecule has 1 N–H and O–H groups in total. The summed E-state index contributed by atoms with van der Waals surface area (Å²) in [7, 11) is 0. The van der Waals surface area contributed by atoms with E-state index in [0.717, 1.165) is 0 Å². The van der Waals surface area contributed by atoms with Crippen LogP contribution in [0.5, 0.6) is 11.5 Å². The molecular weight excluding hydrogens is 478 g/mol. The second-order valence-corrected chi connectivity index (χ2v) is 9.34. The number of allylic oxidation sites excluding steroid dienone is 4. The molecule has 0 radical (unpaired) electrons. The molecule has 0 unspecified atom stereocenters. The summed E-state index contributed by atoms with van der Waals surface area (Å²) >= 11 is 0. The van der Waals surface area contributed by atoms with Gasteiger partial charge in [0, 0.05) is 18.2 Å². The Morgan fingerprint density at radius 2 is 1.78 bits per heavy atom. The average Bonchev–Trinajstić information content (AvgIpc) is 3.63. The number of nitrogens with one attached hydrogen (secondary N) is 1. The Bertz CT molecular complexity index is 1550. The highest BCUT2D eigenvalue weighted by Crippen LogP contribution is 2.58. The van der Waals surface area contributed by atoms with Crippen LogP contribution in [0.25, 0.3) is 5.57 Å². The van der Waals surface area contributed by atoms with E-state index in [4.69, 9.17) is 4.74 Å². The highest BCUT2D eigenvalue weighted by atomic mass is 19.1. The van der Waals surface area contributed by atoms with Gasteiger partial charge in [0.15, 0.2) is 23.1 Å². The van der Waals surface area contributed by atoms with E-state index in [2.05, 4.69) is 10.3 Å². The summed E-state index contributed by atoms with van der Waals surface area (Å²) < 4.78 is 34.1. The maximum Gasteiger partial charge on any atom is 0.236 e. The van der Waals surface area contributed by atoms with Gasteiger partial charge >= 0.3 is 0 Å². The van der Waals surface area contributed by atoms with Crippen molar-refractivity contribution in [2.45, 2.75) is 31.1 Å². The molecule has 1 amide bonds. The number of halogens is 2. The first-order valence-electron chi connectivity index (χ1n) is 11.9. The largest absolute Gasteiger partial charge is 0.454 e. The van der Waals surface area contributed by atoms with Crippen molar-refractivity contribution in [3.05, 3.63) is 101 Å². The first-order chi connectivity index (χ1) is 17.9. The Hall–Kier alpha value is -4.46. The number of fused-ring (bicyclic) bond motifs is 2. The molecule has 2 aromatic carbocycles. The first kappa shape index (κ1) is 23.0. The molecule has 6 nitrogen and oxygen atoms in total. The van der Waals surface area contributed by atoms with Crippen molar-refractivity contribution in [2.75, 3.05) is 5.32 Å². The summed E-state index contributed by atoms with van der Waals surface area (Å²) in [6.45, 7) is 0. The highest BCUT2D eigenvalue weighted by molar-refractivity contribution is 6.39. The maximum absolute atomic E-state index is 15.0. The van der Waals surface area contributed by atoms with Gasteiger partial charge in [0.25, 0.3) is 0 Å². The van der Waals surface area contributed by atoms with Gasteiger partial charge in [-0.2, -0.15) is 0 Å². The van der Waals surface area contributed by atoms with Gasteiger partial charge in [-0.05, 0) is 60.7 Å². The van der Waals surface area contributed by atoms with Crippen molar-refractivity contribution < 1.29 is 27.9 Å². The Kier molecular flexibility index (Phi) is 5.33. The number of aromatic nitrogens is 1. The molecule has 37 heavy (non-hydrogen) atoms. The summed E-state index contributed by atoms with van der Waals surface area (Å²) in [5, 5.41) is 2.76. The van der Waals surface area contributed by atoms with E-state index in [0.29, 0.717) is 53.1 Å². The van der Waals surface area contributed by atoms with Crippen molar-refractivity contribution in [2.24, 2.45) is 0 Å². The van der Waals surface area contributed by atoms with E-state index < -0.39 is 28.6 Å². The summed E-state index contributed by atoms with van der Waals surface area (Å²) in [6.07, 6.45) is 6.33. The lowest BCUT2D eigenvalue weighted by molar-refractivity contribution is -0.119. The molecule has 3 aromatic rings. The van der Waals surface area contributed by atoms with Crippen LogP contribution < -0.4 is 10.1 Å². The molecule has 1 spiro atoms. The first-order valence-corrected chi connectivity index (χ1v) is 11.9. The topological polar surface area (TPSA) is 85.4 Å². The Balaban J connectivity index is 1.18. The van der Waals surface area contributed by atoms with E-state index in [9.17, 15) is 18.8 Å². The molecule has 6 rings (SSSR count). The molecule has 1 aliphatic heterocycles. The molecule has 2 heterocycles. The van der Waals surface area contributed by atoms with E-state index in [1.807, 2.05) is 0 Å². The van der Waals surface area contributed by atoms with Gasteiger partial charge in [-0.25, -0.2) is 13.8 Å². The maximum atomic E-state index is 15.0. The SMILES string of the molecule is O=C(Cc1ccc(Oc2ccnc3c2C2(CC2)C(=O)N3)c(F)c1)C1=CCC=C(c2ccc(F)cc2)C1=O. The minimum atomic E-state index is -0.672. The molecule has 8 heteroatoms. The fraction of sp³-hybridized carbons (Fsp3) is 0.172. The zero-order chi connectivity index (χ0) is 25.7. The third kappa shape index (κ3) is 3.94. The Labute approximate surface area is 210 Å². The second kappa shape index (κ2) is 8.58. The van der Waals surface area contributed by atoms with Crippen LogP contribution in [0, 0.1) is 11.6 Å². The van der Waals surface area contributed by atoms with Gasteiger partial charge in [-0.1, -0.05) is 30.4 Å². The zero-order valence-electron chi connectivity index (χ0n) is 19.5. The quantitative estimate of drug-likeness (QED) is 0.471. The monoisotopic (exact) mass is 498 g/mol. The molecule has 0 saturated heterocycles. The number of amides is 1. The summed E-state index contributed by atoms with van der Waals surface area (Å²) in [4.78, 5) is 42.5. The molecule has 2 aliphatic carbocycles. The lowest BCUT2D eigenvalue weighted by atomic mass is 9.88. The normalized spacial score (nSPS) is 17.1. The molecule has 184 valence electrons. The molecule has 1 aromatic heterocycles. The van der Waals surface area contributed by atoms with Gasteiger partial charge in [-0.3, -0.25) is 14.4 Å². The Morgan fingerprint density at radius 3 is 2.51 bits per heavy atom. The number of carbonyl (C=O) groups excluding carboxylic acids is 3. The number of hydrogen-bond acceptors (Lipinski definition) is 5. The van der Waals surface area contributed by atoms with Gasteiger partial charge in [0.1, 0.15) is 17.4 Å². The van der Waals surface area contributed by atoms with Crippen LogP contribution in [0.1, 0.15) is 36.0 Å². The van der Waals surface area contributed by atoms with Crippen molar-refractivity contribution in [3.63, 3.8) is 0 Å². The number of ketones is 2. The summed E-state index contributed by atoms with van der Waals surface area (Å²) in [5.41, 5.74) is 1.28. The van der Waals surface area contributed by atoms with Crippen LogP contribution >= 0.6 is 0 Å². The number of benzene rings is 2. The van der Waals surface area contributed by atoms with E-state index >= 15 is 4.39 Å². The van der Waals surface area contributed by atoms with Gasteiger partial charge in [0.05, 0.1) is 16.6 Å². The molecular formula is C29H20F2N2O4. The number of ether oxygens (including phenoxy) is 1. The Morgan fingerprint density at radius 1 is 1.00 bits per heavy atom. The van der Waals surface area contributed by atoms with Gasteiger partial charge in [-0.15, -0.1) is 0 Å². The standard InChI is InChI=1S/C29H20F2N2O4/c30-18-7-5-17(6-8-18)19-2-1-3-20(26(19)35)22(34)15-16-4-9-23(21(31)14-16)37-24-10-13-32-27-25(24)29(11-12-29)28(36)33-27/h2-10,13-14H,1,11-12,15H2,(H,32,33,36). The predicted octanol–water partition coefficient (Wildman–Crippen LogP) is 5.23. The third-order valence-corrected chi connectivity index (χ3v) is 6.98. The van der Waals surface area contributed by atoms with Crippen LogP contribution in [0.3, 0.4) is 0 Å².